The third-order valence-electron chi connectivity index (χ3n) is 7.37. The van der Waals surface area contributed by atoms with Crippen molar-refractivity contribution >= 4 is 16.9 Å². The number of furan rings is 1. The molecule has 0 unspecified atom stereocenters. The molecule has 0 radical (unpaired) electrons. The molecule has 1 aliphatic carbocycles. The van der Waals surface area contributed by atoms with Crippen LogP contribution in [0, 0.1) is 23.7 Å². The number of carbonyl (C=O) groups excluding carboxylic acids is 1. The van der Waals surface area contributed by atoms with Gasteiger partial charge in [-0.25, -0.2) is 0 Å². The maximum absolute atomic E-state index is 13.4. The molecule has 2 saturated heterocycles. The molecule has 0 bridgehead atoms. The molecule has 5 nitrogen and oxygen atoms in total. The van der Waals surface area contributed by atoms with Gasteiger partial charge in [0.2, 0.25) is 0 Å². The van der Waals surface area contributed by atoms with E-state index in [1.54, 1.807) is 0 Å². The Morgan fingerprint density at radius 3 is 2.68 bits per heavy atom. The van der Waals surface area contributed by atoms with Gasteiger partial charge in [-0.3, -0.25) is 9.69 Å². The van der Waals surface area contributed by atoms with Crippen LogP contribution in [0.15, 0.2) is 28.7 Å². The van der Waals surface area contributed by atoms with E-state index in [-0.39, 0.29) is 11.3 Å². The van der Waals surface area contributed by atoms with Gasteiger partial charge >= 0.3 is 0 Å². The van der Waals surface area contributed by atoms with Crippen LogP contribution in [0.25, 0.3) is 11.0 Å². The average Bonchev–Trinajstić information content (AvgIpc) is 3.18. The van der Waals surface area contributed by atoms with Crippen molar-refractivity contribution in [3.8, 4) is 0 Å². The highest BCUT2D eigenvalue weighted by atomic mass is 16.5. The average molecular weight is 383 g/mol. The fourth-order valence-corrected chi connectivity index (χ4v) is 6.22. The molecule has 3 heterocycles. The Balaban J connectivity index is 1.40. The van der Waals surface area contributed by atoms with Crippen LogP contribution in [0.4, 0.5) is 0 Å². The number of ether oxygens (including phenoxy) is 1. The van der Waals surface area contributed by atoms with Crippen molar-refractivity contribution in [3.63, 3.8) is 0 Å². The summed E-state index contributed by atoms with van der Waals surface area (Å²) < 4.78 is 11.5. The van der Waals surface area contributed by atoms with Crippen LogP contribution in [-0.4, -0.2) is 61.6 Å². The molecule has 150 valence electrons. The number of hydrogen-bond acceptors (Lipinski definition) is 4. The van der Waals surface area contributed by atoms with Crippen LogP contribution in [0.2, 0.25) is 0 Å². The molecule has 1 saturated carbocycles. The number of rotatable bonds is 3. The van der Waals surface area contributed by atoms with Crippen LogP contribution in [0.3, 0.4) is 0 Å². The molecule has 1 aromatic carbocycles. The summed E-state index contributed by atoms with van der Waals surface area (Å²) in [5.41, 5.74) is 2.27. The molecule has 2 aliphatic heterocycles. The zero-order valence-corrected chi connectivity index (χ0v) is 17.2. The van der Waals surface area contributed by atoms with Crippen LogP contribution in [-0.2, 0) is 4.74 Å². The van der Waals surface area contributed by atoms with Gasteiger partial charge in [-0.05, 0) is 30.7 Å². The maximum atomic E-state index is 13.4. The number of nitrogens with zero attached hydrogens (tertiary/aromatic N) is 2. The Labute approximate surface area is 166 Å². The smallest absolute Gasteiger partial charge is 0.289 e. The lowest BCUT2D eigenvalue weighted by Gasteiger charge is -2.58. The lowest BCUT2D eigenvalue weighted by Crippen LogP contribution is -2.59. The molecule has 0 N–H and O–H groups in total. The molecule has 3 fully saturated rings. The Morgan fingerprint density at radius 2 is 1.96 bits per heavy atom. The summed E-state index contributed by atoms with van der Waals surface area (Å²) in [7, 11) is 0. The minimum absolute atomic E-state index is 0.0558. The van der Waals surface area contributed by atoms with Gasteiger partial charge in [0.05, 0.1) is 13.2 Å². The molecule has 1 amide bonds. The van der Waals surface area contributed by atoms with E-state index in [9.17, 15) is 4.79 Å². The zero-order chi connectivity index (χ0) is 19.5. The van der Waals surface area contributed by atoms with Crippen molar-refractivity contribution in [2.45, 2.75) is 27.2 Å². The number of aryl methyl sites for hydroxylation is 1. The zero-order valence-electron chi connectivity index (χ0n) is 17.2. The largest absolute Gasteiger partial charge is 0.451 e. The maximum Gasteiger partial charge on any atom is 0.289 e. The number of benzene rings is 1. The lowest BCUT2D eigenvalue weighted by molar-refractivity contribution is -0.0966. The summed E-state index contributed by atoms with van der Waals surface area (Å²) in [6, 6.07) is 7.92. The summed E-state index contributed by atoms with van der Waals surface area (Å²) in [5, 5.41) is 1.04. The monoisotopic (exact) mass is 382 g/mol. The predicted octanol–water partition coefficient (Wildman–Crippen LogP) is 3.56. The standard InChI is InChI=1S/C23H30N2O3/c1-16-17-6-4-5-7-18(17)28-20(16)21(26)25-12-19-22(2,3)13-23(19,15-25)14-24-8-10-27-11-9-24/h4-7,19H,8-15H2,1-3H3/t19-,23+/m1/s1. The van der Waals surface area contributed by atoms with E-state index < -0.39 is 0 Å². The van der Waals surface area contributed by atoms with Gasteiger partial charge in [-0.1, -0.05) is 32.0 Å². The Hall–Kier alpha value is -1.85. The van der Waals surface area contributed by atoms with Gasteiger partial charge in [0.15, 0.2) is 5.76 Å². The first kappa shape index (κ1) is 18.2. The van der Waals surface area contributed by atoms with Crippen LogP contribution in [0.1, 0.15) is 36.4 Å². The fraction of sp³-hybridized carbons (Fsp3) is 0.609. The molecule has 1 aromatic heterocycles. The highest BCUT2D eigenvalue weighted by molar-refractivity contribution is 5.99. The van der Waals surface area contributed by atoms with E-state index in [1.165, 1.54) is 6.42 Å². The Morgan fingerprint density at radius 1 is 1.21 bits per heavy atom. The quantitative estimate of drug-likeness (QED) is 0.814. The molecule has 2 aromatic rings. The Kier molecular flexibility index (Phi) is 4.11. The molecule has 5 heteroatoms. The summed E-state index contributed by atoms with van der Waals surface area (Å²) >= 11 is 0. The van der Waals surface area contributed by atoms with Crippen molar-refractivity contribution < 1.29 is 13.9 Å². The molecular formula is C23H30N2O3. The van der Waals surface area contributed by atoms with Gasteiger partial charge in [-0.2, -0.15) is 0 Å². The van der Waals surface area contributed by atoms with E-state index in [1.807, 2.05) is 31.2 Å². The molecule has 2 atom stereocenters. The van der Waals surface area contributed by atoms with E-state index >= 15 is 0 Å². The third-order valence-corrected chi connectivity index (χ3v) is 7.37. The van der Waals surface area contributed by atoms with E-state index in [2.05, 4.69) is 23.6 Å². The first-order chi connectivity index (χ1) is 13.4. The number of carbonyl (C=O) groups is 1. The van der Waals surface area contributed by atoms with Gasteiger partial charge in [-0.15, -0.1) is 0 Å². The number of hydrogen-bond donors (Lipinski definition) is 0. The summed E-state index contributed by atoms with van der Waals surface area (Å²) in [5.74, 6) is 1.12. The predicted molar refractivity (Wildman–Crippen MR) is 108 cm³/mol. The van der Waals surface area contributed by atoms with Crippen LogP contribution < -0.4 is 0 Å². The minimum Gasteiger partial charge on any atom is -0.451 e. The second kappa shape index (κ2) is 6.33. The molecular weight excluding hydrogens is 352 g/mol. The summed E-state index contributed by atoms with van der Waals surface area (Å²) in [4.78, 5) is 18.0. The van der Waals surface area contributed by atoms with Crippen molar-refractivity contribution in [2.24, 2.45) is 16.7 Å². The molecule has 28 heavy (non-hydrogen) atoms. The summed E-state index contributed by atoms with van der Waals surface area (Å²) in [6.45, 7) is 13.1. The van der Waals surface area contributed by atoms with Crippen LogP contribution >= 0.6 is 0 Å². The number of fused-ring (bicyclic) bond motifs is 2. The second-order valence-electron chi connectivity index (χ2n) is 9.71. The van der Waals surface area contributed by atoms with E-state index in [0.717, 1.165) is 62.5 Å². The van der Waals surface area contributed by atoms with Crippen molar-refractivity contribution in [1.29, 1.82) is 0 Å². The first-order valence-electron chi connectivity index (χ1n) is 10.5. The van der Waals surface area contributed by atoms with Crippen molar-refractivity contribution in [3.05, 3.63) is 35.6 Å². The van der Waals surface area contributed by atoms with Gasteiger partial charge < -0.3 is 14.1 Å². The molecule has 5 rings (SSSR count). The second-order valence-corrected chi connectivity index (χ2v) is 9.71. The highest BCUT2D eigenvalue weighted by Gasteiger charge is 2.63. The number of morpholine rings is 1. The SMILES string of the molecule is Cc1c(C(=O)N2C[C@@H]3C(C)(C)C[C@]3(CN3CCOCC3)C2)oc2ccccc12. The topological polar surface area (TPSA) is 45.9 Å². The number of amides is 1. The number of para-hydroxylation sites is 1. The summed E-state index contributed by atoms with van der Waals surface area (Å²) in [6.07, 6.45) is 1.19. The minimum atomic E-state index is 0.0558. The van der Waals surface area contributed by atoms with Gasteiger partial charge in [0, 0.05) is 49.1 Å². The van der Waals surface area contributed by atoms with Crippen LogP contribution in [0.5, 0.6) is 0 Å². The third kappa shape index (κ3) is 2.71. The highest BCUT2D eigenvalue weighted by Crippen LogP contribution is 2.63. The van der Waals surface area contributed by atoms with E-state index in [4.69, 9.17) is 9.15 Å². The van der Waals surface area contributed by atoms with E-state index in [0.29, 0.717) is 17.1 Å². The Bertz CT molecular complexity index is 912. The van der Waals surface area contributed by atoms with Gasteiger partial charge in [0.25, 0.3) is 5.91 Å². The van der Waals surface area contributed by atoms with Gasteiger partial charge in [0.1, 0.15) is 5.58 Å². The lowest BCUT2D eigenvalue weighted by atomic mass is 9.48. The first-order valence-corrected chi connectivity index (χ1v) is 10.5. The van der Waals surface area contributed by atoms with Crippen molar-refractivity contribution in [2.75, 3.05) is 45.9 Å². The molecule has 0 spiro atoms. The fourth-order valence-electron chi connectivity index (χ4n) is 6.22. The number of likely N-dealkylation sites (tertiary alicyclic amines) is 1. The normalized spacial score (nSPS) is 29.7. The molecule has 3 aliphatic rings. The van der Waals surface area contributed by atoms with Crippen molar-refractivity contribution in [1.82, 2.24) is 9.80 Å².